The molecule has 1 N–H and O–H groups in total. The third kappa shape index (κ3) is 5.25. The Balaban J connectivity index is 1.28. The van der Waals surface area contributed by atoms with Crippen molar-refractivity contribution in [1.82, 2.24) is 14.2 Å². The topological polar surface area (TPSA) is 109 Å². The number of aliphatic hydroxyl groups is 1. The zero-order chi connectivity index (χ0) is 24.2. The molecule has 2 aliphatic heterocycles. The standard InChI is InChI=1S/C24H31N3O6S/c1-32-21-4-6-22(7-5-21)34(30,31)27-14-2-3-20(27)17-33-18-23(28)26-15-10-24(29,11-16-26)19-8-12-25-13-9-19/h4-9,12-13,20,29H,2-3,10-11,14-18H2,1H3. The fraction of sp³-hybridized carbons (Fsp3) is 0.500. The van der Waals surface area contributed by atoms with Crippen molar-refractivity contribution in [2.24, 2.45) is 0 Å². The Kier molecular flexibility index (Phi) is 7.51. The van der Waals surface area contributed by atoms with E-state index in [0.717, 1.165) is 12.0 Å². The third-order valence-electron chi connectivity index (χ3n) is 6.69. The van der Waals surface area contributed by atoms with Gasteiger partial charge in [-0.2, -0.15) is 4.31 Å². The Morgan fingerprint density at radius 1 is 1.12 bits per heavy atom. The molecule has 10 heteroatoms. The van der Waals surface area contributed by atoms with E-state index in [1.165, 1.54) is 23.5 Å². The summed E-state index contributed by atoms with van der Waals surface area (Å²) in [7, 11) is -2.12. The lowest BCUT2D eigenvalue weighted by Gasteiger charge is -2.38. The van der Waals surface area contributed by atoms with Gasteiger partial charge in [-0.25, -0.2) is 8.42 Å². The summed E-state index contributed by atoms with van der Waals surface area (Å²) in [5, 5.41) is 10.9. The predicted octanol–water partition coefficient (Wildman–Crippen LogP) is 1.77. The lowest BCUT2D eigenvalue weighted by atomic mass is 9.85. The van der Waals surface area contributed by atoms with E-state index in [0.29, 0.717) is 44.6 Å². The SMILES string of the molecule is COc1ccc(S(=O)(=O)N2CCCC2COCC(=O)N2CCC(O)(c3ccncc3)CC2)cc1. The van der Waals surface area contributed by atoms with Crippen LogP contribution in [0.4, 0.5) is 0 Å². The Morgan fingerprint density at radius 2 is 1.79 bits per heavy atom. The largest absolute Gasteiger partial charge is 0.497 e. The number of ether oxygens (including phenoxy) is 2. The van der Waals surface area contributed by atoms with Gasteiger partial charge in [0.1, 0.15) is 12.4 Å². The molecule has 0 aliphatic carbocycles. The molecular weight excluding hydrogens is 458 g/mol. The summed E-state index contributed by atoms with van der Waals surface area (Å²) >= 11 is 0. The molecule has 0 saturated carbocycles. The first-order chi connectivity index (χ1) is 16.3. The lowest BCUT2D eigenvalue weighted by Crippen LogP contribution is -2.46. The Hall–Kier alpha value is -2.53. The molecule has 0 spiro atoms. The molecule has 1 atom stereocenters. The van der Waals surface area contributed by atoms with Gasteiger partial charge in [-0.1, -0.05) is 0 Å². The van der Waals surface area contributed by atoms with Crippen LogP contribution in [0.15, 0.2) is 53.7 Å². The second-order valence-corrected chi connectivity index (χ2v) is 10.6. The average molecular weight is 490 g/mol. The van der Waals surface area contributed by atoms with Crippen LogP contribution in [-0.2, 0) is 25.2 Å². The summed E-state index contributed by atoms with van der Waals surface area (Å²) in [6.45, 7) is 1.34. The van der Waals surface area contributed by atoms with Crippen LogP contribution in [0, 0.1) is 0 Å². The number of benzene rings is 1. The van der Waals surface area contributed by atoms with Crippen LogP contribution in [-0.4, -0.2) is 79.6 Å². The van der Waals surface area contributed by atoms with E-state index in [-0.39, 0.29) is 30.1 Å². The van der Waals surface area contributed by atoms with Crippen molar-refractivity contribution in [3.8, 4) is 5.75 Å². The van der Waals surface area contributed by atoms with Crippen molar-refractivity contribution in [2.45, 2.75) is 42.2 Å². The quantitative estimate of drug-likeness (QED) is 0.602. The Morgan fingerprint density at radius 3 is 2.44 bits per heavy atom. The minimum Gasteiger partial charge on any atom is -0.497 e. The summed E-state index contributed by atoms with van der Waals surface area (Å²) in [5.74, 6) is 0.440. The molecule has 3 heterocycles. The number of rotatable bonds is 8. The number of likely N-dealkylation sites (tertiary alicyclic amines) is 1. The number of amides is 1. The molecule has 4 rings (SSSR count). The zero-order valence-electron chi connectivity index (χ0n) is 19.3. The van der Waals surface area contributed by atoms with Gasteiger partial charge in [0.2, 0.25) is 15.9 Å². The minimum atomic E-state index is -3.65. The van der Waals surface area contributed by atoms with Crippen molar-refractivity contribution in [3.05, 3.63) is 54.4 Å². The van der Waals surface area contributed by atoms with E-state index in [1.807, 2.05) is 0 Å². The van der Waals surface area contributed by atoms with Gasteiger partial charge in [-0.15, -0.1) is 0 Å². The molecular formula is C24H31N3O6S. The first-order valence-corrected chi connectivity index (χ1v) is 12.9. The maximum Gasteiger partial charge on any atom is 0.248 e. The number of sulfonamides is 1. The van der Waals surface area contributed by atoms with Crippen LogP contribution in [0.1, 0.15) is 31.2 Å². The number of carbonyl (C=O) groups excluding carboxylic acids is 1. The zero-order valence-corrected chi connectivity index (χ0v) is 20.1. The highest BCUT2D eigenvalue weighted by Gasteiger charge is 2.37. The maximum absolute atomic E-state index is 13.1. The lowest BCUT2D eigenvalue weighted by molar-refractivity contribution is -0.141. The van der Waals surface area contributed by atoms with Crippen LogP contribution in [0.2, 0.25) is 0 Å². The Labute approximate surface area is 200 Å². The molecule has 9 nitrogen and oxygen atoms in total. The number of hydrogen-bond acceptors (Lipinski definition) is 7. The van der Waals surface area contributed by atoms with E-state index in [2.05, 4.69) is 4.98 Å². The number of nitrogens with zero attached hydrogens (tertiary/aromatic N) is 3. The molecule has 184 valence electrons. The summed E-state index contributed by atoms with van der Waals surface area (Å²) in [5.41, 5.74) is -0.147. The number of aromatic nitrogens is 1. The van der Waals surface area contributed by atoms with Gasteiger partial charge in [-0.05, 0) is 67.6 Å². The summed E-state index contributed by atoms with van der Waals surface area (Å²) in [6, 6.07) is 9.62. The van der Waals surface area contributed by atoms with Gasteiger partial charge in [-0.3, -0.25) is 9.78 Å². The fourth-order valence-electron chi connectivity index (χ4n) is 4.63. The maximum atomic E-state index is 13.1. The molecule has 0 radical (unpaired) electrons. The molecule has 2 aliphatic rings. The van der Waals surface area contributed by atoms with Crippen LogP contribution < -0.4 is 4.74 Å². The molecule has 1 unspecified atom stereocenters. The smallest absolute Gasteiger partial charge is 0.248 e. The highest BCUT2D eigenvalue weighted by atomic mass is 32.2. The number of pyridine rings is 1. The first kappa shape index (κ1) is 24.6. The van der Waals surface area contributed by atoms with Crippen LogP contribution in [0.25, 0.3) is 0 Å². The van der Waals surface area contributed by atoms with Crippen molar-refractivity contribution in [3.63, 3.8) is 0 Å². The average Bonchev–Trinajstić information content (AvgIpc) is 3.34. The van der Waals surface area contributed by atoms with Crippen LogP contribution >= 0.6 is 0 Å². The van der Waals surface area contributed by atoms with E-state index in [9.17, 15) is 18.3 Å². The molecule has 2 fully saturated rings. The number of hydrogen-bond donors (Lipinski definition) is 1. The van der Waals surface area contributed by atoms with Crippen molar-refractivity contribution in [2.75, 3.05) is 40.0 Å². The normalized spacial score (nSPS) is 20.9. The fourth-order valence-corrected chi connectivity index (χ4v) is 6.30. The summed E-state index contributed by atoms with van der Waals surface area (Å²) < 4.78 is 38.4. The second-order valence-electron chi connectivity index (χ2n) is 8.75. The van der Waals surface area contributed by atoms with Crippen LogP contribution in [0.5, 0.6) is 5.75 Å². The first-order valence-electron chi connectivity index (χ1n) is 11.5. The van der Waals surface area contributed by atoms with Crippen molar-refractivity contribution in [1.29, 1.82) is 0 Å². The molecule has 0 bridgehead atoms. The predicted molar refractivity (Wildman–Crippen MR) is 125 cm³/mol. The van der Waals surface area contributed by atoms with Gasteiger partial charge in [0, 0.05) is 38.1 Å². The van der Waals surface area contributed by atoms with Gasteiger partial charge in [0.15, 0.2) is 0 Å². The summed E-state index contributed by atoms with van der Waals surface area (Å²) in [4.78, 5) is 18.5. The van der Waals surface area contributed by atoms with Crippen molar-refractivity contribution >= 4 is 15.9 Å². The molecule has 2 aromatic rings. The van der Waals surface area contributed by atoms with Gasteiger partial charge in [0.25, 0.3) is 0 Å². The Bertz CT molecular complexity index is 1070. The summed E-state index contributed by atoms with van der Waals surface area (Å²) in [6.07, 6.45) is 5.63. The molecule has 1 aromatic heterocycles. The second kappa shape index (κ2) is 10.4. The van der Waals surface area contributed by atoms with Gasteiger partial charge >= 0.3 is 0 Å². The highest BCUT2D eigenvalue weighted by molar-refractivity contribution is 7.89. The van der Waals surface area contributed by atoms with Gasteiger partial charge in [0.05, 0.1) is 24.2 Å². The molecule has 1 amide bonds. The monoisotopic (exact) mass is 489 g/mol. The minimum absolute atomic E-state index is 0.111. The van der Waals surface area contributed by atoms with Crippen molar-refractivity contribution < 1.29 is 27.8 Å². The molecule has 2 saturated heterocycles. The highest BCUT2D eigenvalue weighted by Crippen LogP contribution is 2.32. The number of piperidine rings is 1. The molecule has 1 aromatic carbocycles. The van der Waals surface area contributed by atoms with E-state index < -0.39 is 15.6 Å². The van der Waals surface area contributed by atoms with Crippen LogP contribution in [0.3, 0.4) is 0 Å². The molecule has 34 heavy (non-hydrogen) atoms. The van der Waals surface area contributed by atoms with Gasteiger partial charge < -0.3 is 19.5 Å². The number of methoxy groups -OCH3 is 1. The third-order valence-corrected chi connectivity index (χ3v) is 8.65. The van der Waals surface area contributed by atoms with E-state index >= 15 is 0 Å². The number of carbonyl (C=O) groups is 1. The van der Waals surface area contributed by atoms with E-state index in [4.69, 9.17) is 9.47 Å². The van der Waals surface area contributed by atoms with E-state index in [1.54, 1.807) is 41.6 Å².